The number of nitrogens with one attached hydrogen (secondary N) is 3. The first-order chi connectivity index (χ1) is 15.4. The quantitative estimate of drug-likeness (QED) is 0.647. The molecule has 4 unspecified atom stereocenters. The Balaban J connectivity index is 1.60. The van der Waals surface area contributed by atoms with Crippen molar-refractivity contribution < 1.29 is 14.4 Å². The Morgan fingerprint density at radius 1 is 1.03 bits per heavy atom. The van der Waals surface area contributed by atoms with Gasteiger partial charge in [0.2, 0.25) is 17.7 Å². The third-order valence-corrected chi connectivity index (χ3v) is 6.51. The lowest BCUT2D eigenvalue weighted by molar-refractivity contribution is -0.130. The van der Waals surface area contributed by atoms with Gasteiger partial charge in [-0.1, -0.05) is 48.5 Å². The molecule has 3 N–H and O–H groups in total. The molecular weight excluding hydrogens is 404 g/mol. The highest BCUT2D eigenvalue weighted by atomic mass is 16.2. The number of hydrogen-bond acceptors (Lipinski definition) is 4. The zero-order valence-corrected chi connectivity index (χ0v) is 18.7. The van der Waals surface area contributed by atoms with Crippen LogP contribution in [0.25, 0.3) is 0 Å². The molecule has 0 saturated heterocycles. The molecule has 7 nitrogen and oxygen atoms in total. The summed E-state index contributed by atoms with van der Waals surface area (Å²) in [5.74, 6) is -0.639. The van der Waals surface area contributed by atoms with Crippen molar-refractivity contribution in [2.75, 3.05) is 11.9 Å². The average molecular weight is 435 g/mol. The molecule has 0 aromatic heterocycles. The van der Waals surface area contributed by atoms with Crippen molar-refractivity contribution >= 4 is 23.4 Å². The largest absolute Gasteiger partial charge is 0.348 e. The number of carbonyl (C=O) groups excluding carboxylic acids is 3. The van der Waals surface area contributed by atoms with Crippen LogP contribution in [-0.2, 0) is 27.2 Å². The highest BCUT2D eigenvalue weighted by molar-refractivity contribution is 6.08. The van der Waals surface area contributed by atoms with Gasteiger partial charge >= 0.3 is 0 Å². The van der Waals surface area contributed by atoms with Gasteiger partial charge in [0, 0.05) is 6.42 Å². The molecule has 3 amide bonds. The van der Waals surface area contributed by atoms with Gasteiger partial charge in [-0.3, -0.25) is 19.3 Å². The molecule has 0 fully saturated rings. The van der Waals surface area contributed by atoms with Crippen LogP contribution in [0.1, 0.15) is 43.0 Å². The smallest absolute Gasteiger partial charge is 0.250 e. The number of nitrogens with zero attached hydrogens (tertiary/aromatic N) is 1. The van der Waals surface area contributed by atoms with Gasteiger partial charge in [-0.15, -0.1) is 0 Å². The van der Waals surface area contributed by atoms with Crippen molar-refractivity contribution in [3.05, 3.63) is 65.2 Å². The molecule has 4 atom stereocenters. The number of likely N-dealkylation sites (N-methyl/N-ethyl adjacent to an activating group) is 1. The molecule has 2 aromatic rings. The lowest BCUT2D eigenvalue weighted by atomic mass is 10.0. The first kappa shape index (κ1) is 22.0. The van der Waals surface area contributed by atoms with Crippen molar-refractivity contribution in [3.8, 4) is 0 Å². The van der Waals surface area contributed by atoms with Crippen LogP contribution in [0.15, 0.2) is 48.5 Å². The van der Waals surface area contributed by atoms with E-state index in [1.807, 2.05) is 55.5 Å². The summed E-state index contributed by atoms with van der Waals surface area (Å²) in [6.45, 7) is 3.69. The number of rotatable bonds is 6. The van der Waals surface area contributed by atoms with Crippen molar-refractivity contribution in [2.24, 2.45) is 0 Å². The fraction of sp³-hybridized carbons (Fsp3) is 0.400. The molecule has 4 rings (SSSR count). The standard InChI is InChI=1S/C25H30N4O3/c1-15(17-8-5-4-6-9-17)27-24(31)21-14-19-11-7-10-18-12-13-20(25(32)29(21)22(18)19)28-23(30)16(2)26-3/h4-11,15-16,20-21,26H,12-14H2,1-3H3,(H,27,31)(H,28,30). The molecule has 32 heavy (non-hydrogen) atoms. The lowest BCUT2D eigenvalue weighted by Gasteiger charge is -2.29. The molecule has 0 radical (unpaired) electrons. The molecule has 0 bridgehead atoms. The predicted octanol–water partition coefficient (Wildman–Crippen LogP) is 1.86. The van der Waals surface area contributed by atoms with Gasteiger partial charge in [0.1, 0.15) is 12.1 Å². The summed E-state index contributed by atoms with van der Waals surface area (Å²) in [6, 6.07) is 13.8. The minimum Gasteiger partial charge on any atom is -0.348 e. The first-order valence-corrected chi connectivity index (χ1v) is 11.2. The van der Waals surface area contributed by atoms with Crippen LogP contribution >= 0.6 is 0 Å². The predicted molar refractivity (Wildman–Crippen MR) is 123 cm³/mol. The Kier molecular flexibility index (Phi) is 6.28. The summed E-state index contributed by atoms with van der Waals surface area (Å²) in [6.07, 6.45) is 1.64. The maximum atomic E-state index is 13.6. The third-order valence-electron chi connectivity index (χ3n) is 6.51. The second-order valence-electron chi connectivity index (χ2n) is 8.60. The normalized spacial score (nSPS) is 21.3. The van der Waals surface area contributed by atoms with E-state index >= 15 is 0 Å². The van der Waals surface area contributed by atoms with Crippen LogP contribution in [0.3, 0.4) is 0 Å². The van der Waals surface area contributed by atoms with E-state index in [1.165, 1.54) is 0 Å². The van der Waals surface area contributed by atoms with E-state index in [-0.39, 0.29) is 23.8 Å². The molecule has 0 saturated carbocycles. The molecule has 7 heteroatoms. The van der Waals surface area contributed by atoms with E-state index in [4.69, 9.17) is 0 Å². The van der Waals surface area contributed by atoms with Crippen LogP contribution < -0.4 is 20.9 Å². The fourth-order valence-electron chi connectivity index (χ4n) is 4.54. The minimum absolute atomic E-state index is 0.180. The molecule has 2 aliphatic heterocycles. The number of aryl methyl sites for hydroxylation is 1. The Labute approximate surface area is 188 Å². The monoisotopic (exact) mass is 434 g/mol. The van der Waals surface area contributed by atoms with Gasteiger partial charge < -0.3 is 16.0 Å². The molecule has 168 valence electrons. The van der Waals surface area contributed by atoms with Crippen molar-refractivity contribution in [3.63, 3.8) is 0 Å². The molecule has 0 aliphatic carbocycles. The van der Waals surface area contributed by atoms with Crippen molar-refractivity contribution in [2.45, 2.75) is 57.3 Å². The maximum Gasteiger partial charge on any atom is 0.250 e. The Hall–Kier alpha value is -3.19. The van der Waals surface area contributed by atoms with Gasteiger partial charge in [0.15, 0.2) is 0 Å². The van der Waals surface area contributed by atoms with Gasteiger partial charge in [-0.2, -0.15) is 0 Å². The number of para-hydroxylation sites is 1. The van der Waals surface area contributed by atoms with Crippen LogP contribution in [0.5, 0.6) is 0 Å². The van der Waals surface area contributed by atoms with Crippen molar-refractivity contribution in [1.82, 2.24) is 16.0 Å². The Morgan fingerprint density at radius 3 is 2.47 bits per heavy atom. The summed E-state index contributed by atoms with van der Waals surface area (Å²) >= 11 is 0. The SMILES string of the molecule is CNC(C)C(=O)NC1CCc2cccc3c2N(C1=O)C(C(=O)NC(C)c1ccccc1)C3. The second-order valence-corrected chi connectivity index (χ2v) is 8.60. The number of anilines is 1. The van der Waals surface area contributed by atoms with Crippen LogP contribution in [0.4, 0.5) is 5.69 Å². The van der Waals surface area contributed by atoms with Gasteiger partial charge in [-0.25, -0.2) is 0 Å². The van der Waals surface area contributed by atoms with Crippen molar-refractivity contribution in [1.29, 1.82) is 0 Å². The van der Waals surface area contributed by atoms with Gasteiger partial charge in [-0.05, 0) is 50.4 Å². The summed E-state index contributed by atoms with van der Waals surface area (Å²) < 4.78 is 0. The third kappa shape index (κ3) is 4.12. The number of amides is 3. The Morgan fingerprint density at radius 2 is 1.75 bits per heavy atom. The summed E-state index contributed by atoms with van der Waals surface area (Å²) in [5.41, 5.74) is 3.88. The van der Waals surface area contributed by atoms with E-state index in [2.05, 4.69) is 16.0 Å². The van der Waals surface area contributed by atoms with Crippen LogP contribution in [0.2, 0.25) is 0 Å². The molecule has 0 spiro atoms. The molecular formula is C25H30N4O3. The average Bonchev–Trinajstić information content (AvgIpc) is 3.15. The summed E-state index contributed by atoms with van der Waals surface area (Å²) in [7, 11) is 1.70. The number of hydrogen-bond donors (Lipinski definition) is 3. The first-order valence-electron chi connectivity index (χ1n) is 11.2. The van der Waals surface area contributed by atoms with E-state index in [9.17, 15) is 14.4 Å². The highest BCUT2D eigenvalue weighted by Crippen LogP contribution is 2.39. The zero-order valence-electron chi connectivity index (χ0n) is 18.7. The van der Waals surface area contributed by atoms with E-state index in [1.54, 1.807) is 18.9 Å². The topological polar surface area (TPSA) is 90.5 Å². The van der Waals surface area contributed by atoms with E-state index < -0.39 is 18.1 Å². The minimum atomic E-state index is -0.668. The maximum absolute atomic E-state index is 13.6. The summed E-state index contributed by atoms with van der Waals surface area (Å²) in [5, 5.41) is 8.86. The number of benzene rings is 2. The Bertz CT molecular complexity index is 1020. The highest BCUT2D eigenvalue weighted by Gasteiger charge is 2.44. The summed E-state index contributed by atoms with van der Waals surface area (Å²) in [4.78, 5) is 41.0. The van der Waals surface area contributed by atoms with Crippen LogP contribution in [0, 0.1) is 0 Å². The molecule has 2 heterocycles. The van der Waals surface area contributed by atoms with E-state index in [0.717, 1.165) is 22.4 Å². The molecule has 2 aliphatic rings. The fourth-order valence-corrected chi connectivity index (χ4v) is 4.54. The van der Waals surface area contributed by atoms with Gasteiger partial charge in [0.05, 0.1) is 17.8 Å². The molecule has 2 aromatic carbocycles. The zero-order chi connectivity index (χ0) is 22.8. The van der Waals surface area contributed by atoms with E-state index in [0.29, 0.717) is 19.3 Å². The lowest BCUT2D eigenvalue weighted by Crippen LogP contribution is -2.56. The number of carbonyl (C=O) groups is 3. The second kappa shape index (κ2) is 9.12. The van der Waals surface area contributed by atoms with Crippen LogP contribution in [-0.4, -0.2) is 42.9 Å². The van der Waals surface area contributed by atoms with Gasteiger partial charge in [0.25, 0.3) is 0 Å².